The molecule has 3 rings (SSSR count). The normalized spacial score (nSPS) is 17.1. The molecule has 1 aliphatic heterocycles. The highest BCUT2D eigenvalue weighted by atomic mass is 32.1. The zero-order valence-electron chi connectivity index (χ0n) is 16.1. The van der Waals surface area contributed by atoms with Crippen molar-refractivity contribution in [2.24, 2.45) is 5.92 Å². The van der Waals surface area contributed by atoms with Crippen LogP contribution in [0.5, 0.6) is 5.75 Å². The maximum absolute atomic E-state index is 12.4. The van der Waals surface area contributed by atoms with Gasteiger partial charge in [-0.1, -0.05) is 0 Å². The summed E-state index contributed by atoms with van der Waals surface area (Å²) in [4.78, 5) is 30.8. The summed E-state index contributed by atoms with van der Waals surface area (Å²) in [6.07, 6.45) is 1.70. The Morgan fingerprint density at radius 3 is 2.82 bits per heavy atom. The van der Waals surface area contributed by atoms with Gasteiger partial charge in [-0.3, -0.25) is 14.5 Å². The van der Waals surface area contributed by atoms with E-state index in [9.17, 15) is 9.59 Å². The summed E-state index contributed by atoms with van der Waals surface area (Å²) in [6.45, 7) is 3.80. The molecule has 0 spiro atoms. The Bertz CT molecular complexity index is 806. The van der Waals surface area contributed by atoms with Gasteiger partial charge < -0.3 is 14.8 Å². The second kappa shape index (κ2) is 9.66. The van der Waals surface area contributed by atoms with Crippen molar-refractivity contribution in [3.63, 3.8) is 0 Å². The molecule has 150 valence electrons. The number of esters is 1. The van der Waals surface area contributed by atoms with Crippen LogP contribution in [0.15, 0.2) is 29.6 Å². The van der Waals surface area contributed by atoms with E-state index in [0.29, 0.717) is 18.3 Å². The van der Waals surface area contributed by atoms with E-state index >= 15 is 0 Å². The fraction of sp³-hybridized carbons (Fsp3) is 0.450. The van der Waals surface area contributed by atoms with Gasteiger partial charge in [0.25, 0.3) is 0 Å². The van der Waals surface area contributed by atoms with Gasteiger partial charge in [-0.2, -0.15) is 0 Å². The summed E-state index contributed by atoms with van der Waals surface area (Å²) in [6, 6.07) is 7.62. The Labute approximate surface area is 168 Å². The Morgan fingerprint density at radius 2 is 2.11 bits per heavy atom. The van der Waals surface area contributed by atoms with E-state index in [2.05, 4.69) is 10.3 Å². The van der Waals surface area contributed by atoms with Gasteiger partial charge in [0.2, 0.25) is 5.91 Å². The number of aromatic nitrogens is 1. The van der Waals surface area contributed by atoms with E-state index in [0.717, 1.165) is 36.4 Å². The van der Waals surface area contributed by atoms with Crippen LogP contribution in [0.4, 0.5) is 5.13 Å². The fourth-order valence-electron chi connectivity index (χ4n) is 3.24. The molecule has 28 heavy (non-hydrogen) atoms. The summed E-state index contributed by atoms with van der Waals surface area (Å²) in [5, 5.41) is 5.33. The number of anilines is 1. The predicted octanol–water partition coefficient (Wildman–Crippen LogP) is 3.03. The van der Waals surface area contributed by atoms with Crippen LogP contribution >= 0.6 is 11.3 Å². The third kappa shape index (κ3) is 5.30. The number of nitrogens with one attached hydrogen (secondary N) is 1. The molecule has 1 N–H and O–H groups in total. The van der Waals surface area contributed by atoms with E-state index in [4.69, 9.17) is 9.47 Å². The lowest BCUT2D eigenvalue weighted by molar-refractivity contribution is -0.150. The van der Waals surface area contributed by atoms with E-state index in [1.807, 2.05) is 34.5 Å². The molecule has 2 aromatic rings. The van der Waals surface area contributed by atoms with Crippen LogP contribution in [0.2, 0.25) is 0 Å². The average molecular weight is 404 g/mol. The highest BCUT2D eigenvalue weighted by molar-refractivity contribution is 7.14. The molecule has 0 radical (unpaired) electrons. The second-order valence-electron chi connectivity index (χ2n) is 6.64. The lowest BCUT2D eigenvalue weighted by Crippen LogP contribution is -2.43. The number of piperidine rings is 1. The number of ether oxygens (including phenoxy) is 2. The zero-order valence-corrected chi connectivity index (χ0v) is 17.0. The lowest BCUT2D eigenvalue weighted by atomic mass is 9.98. The van der Waals surface area contributed by atoms with E-state index in [1.54, 1.807) is 14.0 Å². The highest BCUT2D eigenvalue weighted by Crippen LogP contribution is 2.26. The zero-order chi connectivity index (χ0) is 19.9. The number of hydrogen-bond acceptors (Lipinski definition) is 7. The largest absolute Gasteiger partial charge is 0.497 e. The van der Waals surface area contributed by atoms with Crippen molar-refractivity contribution >= 4 is 28.3 Å². The van der Waals surface area contributed by atoms with Crippen LogP contribution in [-0.2, 0) is 14.3 Å². The first-order chi connectivity index (χ1) is 13.6. The molecule has 0 bridgehead atoms. The van der Waals surface area contributed by atoms with Gasteiger partial charge in [-0.15, -0.1) is 11.3 Å². The molecule has 1 aliphatic rings. The summed E-state index contributed by atoms with van der Waals surface area (Å²) in [5.41, 5.74) is 1.77. The number of methoxy groups -OCH3 is 1. The highest BCUT2D eigenvalue weighted by Gasteiger charge is 2.27. The van der Waals surface area contributed by atoms with Crippen LogP contribution in [0.3, 0.4) is 0 Å². The average Bonchev–Trinajstić information content (AvgIpc) is 3.16. The molecule has 0 unspecified atom stereocenters. The number of likely N-dealkylation sites (tertiary alicyclic amines) is 1. The van der Waals surface area contributed by atoms with Crippen molar-refractivity contribution in [2.45, 2.75) is 19.8 Å². The van der Waals surface area contributed by atoms with E-state index in [-0.39, 0.29) is 24.3 Å². The monoisotopic (exact) mass is 403 g/mol. The van der Waals surface area contributed by atoms with Crippen LogP contribution in [0.25, 0.3) is 11.3 Å². The fourth-order valence-corrected chi connectivity index (χ4v) is 3.97. The van der Waals surface area contributed by atoms with Crippen molar-refractivity contribution in [2.75, 3.05) is 38.7 Å². The minimum absolute atomic E-state index is 0.125. The molecule has 7 nitrogen and oxygen atoms in total. The van der Waals surface area contributed by atoms with E-state index in [1.165, 1.54) is 11.3 Å². The van der Waals surface area contributed by atoms with Crippen molar-refractivity contribution in [1.82, 2.24) is 9.88 Å². The standard InChI is InChI=1S/C20H25N3O4S/c1-3-27-19(25)15-5-4-10-23(11-15)12-18(24)22-20-21-17(13-28-20)14-6-8-16(26-2)9-7-14/h6-9,13,15H,3-5,10-12H2,1-2H3,(H,21,22,24)/t15-/m1/s1. The first kappa shape index (κ1) is 20.3. The predicted molar refractivity (Wildman–Crippen MR) is 109 cm³/mol. The number of thiazole rings is 1. The minimum atomic E-state index is -0.170. The van der Waals surface area contributed by atoms with Crippen LogP contribution in [0, 0.1) is 5.92 Å². The number of hydrogen-bond donors (Lipinski definition) is 1. The Balaban J connectivity index is 1.53. The maximum atomic E-state index is 12.4. The second-order valence-corrected chi connectivity index (χ2v) is 7.50. The van der Waals surface area contributed by atoms with Gasteiger partial charge in [0.15, 0.2) is 5.13 Å². The Hall–Kier alpha value is -2.45. The van der Waals surface area contributed by atoms with Crippen molar-refractivity contribution < 1.29 is 19.1 Å². The minimum Gasteiger partial charge on any atom is -0.497 e. The summed E-state index contributed by atoms with van der Waals surface area (Å²) in [5.74, 6) is 0.343. The van der Waals surface area contributed by atoms with Gasteiger partial charge in [-0.05, 0) is 50.6 Å². The van der Waals surface area contributed by atoms with Crippen molar-refractivity contribution in [1.29, 1.82) is 0 Å². The molecule has 2 heterocycles. The number of benzene rings is 1. The van der Waals surface area contributed by atoms with Crippen LogP contribution < -0.4 is 10.1 Å². The summed E-state index contributed by atoms with van der Waals surface area (Å²) >= 11 is 1.39. The maximum Gasteiger partial charge on any atom is 0.310 e. The molecule has 1 saturated heterocycles. The Kier molecular flexibility index (Phi) is 7.00. The SMILES string of the molecule is CCOC(=O)[C@@H]1CCCN(CC(=O)Nc2nc(-c3ccc(OC)cc3)cs2)C1. The molecule has 0 saturated carbocycles. The molecule has 1 aromatic carbocycles. The van der Waals surface area contributed by atoms with Crippen molar-refractivity contribution in [3.05, 3.63) is 29.6 Å². The number of amides is 1. The van der Waals surface area contributed by atoms with Gasteiger partial charge in [0, 0.05) is 17.5 Å². The smallest absolute Gasteiger partial charge is 0.310 e. The molecule has 1 atom stereocenters. The number of rotatable bonds is 7. The third-order valence-corrected chi connectivity index (χ3v) is 5.39. The van der Waals surface area contributed by atoms with Crippen LogP contribution in [0.1, 0.15) is 19.8 Å². The molecule has 8 heteroatoms. The molecular weight excluding hydrogens is 378 g/mol. The first-order valence-corrected chi connectivity index (χ1v) is 10.3. The molecule has 1 amide bonds. The molecule has 0 aliphatic carbocycles. The van der Waals surface area contributed by atoms with Gasteiger partial charge in [0.1, 0.15) is 5.75 Å². The van der Waals surface area contributed by atoms with Gasteiger partial charge >= 0.3 is 5.97 Å². The van der Waals surface area contributed by atoms with Crippen molar-refractivity contribution in [3.8, 4) is 17.0 Å². The molecule has 1 aromatic heterocycles. The number of carbonyl (C=O) groups is 2. The third-order valence-electron chi connectivity index (χ3n) is 4.63. The molecular formula is C20H25N3O4S. The quantitative estimate of drug-likeness (QED) is 0.716. The van der Waals surface area contributed by atoms with Crippen LogP contribution in [-0.4, -0.2) is 55.1 Å². The lowest BCUT2D eigenvalue weighted by Gasteiger charge is -2.30. The van der Waals surface area contributed by atoms with Gasteiger partial charge in [-0.25, -0.2) is 4.98 Å². The van der Waals surface area contributed by atoms with Gasteiger partial charge in [0.05, 0.1) is 31.9 Å². The number of nitrogens with zero attached hydrogens (tertiary/aromatic N) is 2. The molecule has 1 fully saturated rings. The topological polar surface area (TPSA) is 80.8 Å². The summed E-state index contributed by atoms with van der Waals surface area (Å²) < 4.78 is 10.3. The first-order valence-electron chi connectivity index (χ1n) is 9.38. The number of carbonyl (C=O) groups excluding carboxylic acids is 2. The summed E-state index contributed by atoms with van der Waals surface area (Å²) in [7, 11) is 1.63. The van der Waals surface area contributed by atoms with E-state index < -0.39 is 0 Å². The Morgan fingerprint density at radius 1 is 1.32 bits per heavy atom.